The van der Waals surface area contributed by atoms with Crippen LogP contribution in [-0.4, -0.2) is 40.7 Å². The van der Waals surface area contributed by atoms with E-state index in [9.17, 15) is 9.90 Å². The molecule has 4 N–H and O–H groups in total. The van der Waals surface area contributed by atoms with Crippen molar-refractivity contribution in [2.45, 2.75) is 31.8 Å². The summed E-state index contributed by atoms with van der Waals surface area (Å²) in [6, 6.07) is 7.71. The SMILES string of the molecule is CC(Nc1nc(=NC2CC2)n2ncc(=Cc3[nH]c(=O)[nH]c3O)c2n1)c1ccc(Cl)cc1. The summed E-state index contributed by atoms with van der Waals surface area (Å²) in [5.74, 6) is 0.146. The van der Waals surface area contributed by atoms with E-state index in [1.165, 1.54) is 0 Å². The van der Waals surface area contributed by atoms with E-state index >= 15 is 0 Å². The lowest BCUT2D eigenvalue weighted by molar-refractivity contribution is 0.454. The van der Waals surface area contributed by atoms with Crippen LogP contribution in [0.15, 0.2) is 40.2 Å². The molecular formula is C20H19ClN8O2. The summed E-state index contributed by atoms with van der Waals surface area (Å²) in [6.07, 6.45) is 5.23. The molecule has 1 aliphatic carbocycles. The molecule has 0 bridgehead atoms. The number of aromatic nitrogens is 6. The summed E-state index contributed by atoms with van der Waals surface area (Å²) >= 11 is 5.99. The van der Waals surface area contributed by atoms with Gasteiger partial charge >= 0.3 is 5.69 Å². The number of benzene rings is 1. The fourth-order valence-corrected chi connectivity index (χ4v) is 3.30. The zero-order chi connectivity index (χ0) is 21.5. The van der Waals surface area contributed by atoms with Gasteiger partial charge in [0.15, 0.2) is 5.65 Å². The molecule has 1 fully saturated rings. The van der Waals surface area contributed by atoms with Crippen LogP contribution in [0.4, 0.5) is 5.95 Å². The third kappa shape index (κ3) is 4.02. The number of nitrogens with one attached hydrogen (secondary N) is 3. The first-order valence-corrected chi connectivity index (χ1v) is 10.2. The molecule has 10 nitrogen and oxygen atoms in total. The molecule has 1 unspecified atom stereocenters. The number of imidazole rings is 1. The van der Waals surface area contributed by atoms with Gasteiger partial charge in [-0.15, -0.1) is 0 Å². The highest BCUT2D eigenvalue weighted by molar-refractivity contribution is 6.30. The first-order chi connectivity index (χ1) is 15.0. The summed E-state index contributed by atoms with van der Waals surface area (Å²) in [5.41, 5.74) is 1.72. The van der Waals surface area contributed by atoms with E-state index in [4.69, 9.17) is 11.6 Å². The minimum Gasteiger partial charge on any atom is -0.493 e. The van der Waals surface area contributed by atoms with E-state index in [1.807, 2.05) is 31.2 Å². The average molecular weight is 439 g/mol. The highest BCUT2D eigenvalue weighted by Gasteiger charge is 2.21. The average Bonchev–Trinajstić information content (AvgIpc) is 3.37. The summed E-state index contributed by atoms with van der Waals surface area (Å²) in [7, 11) is 0. The van der Waals surface area contributed by atoms with Gasteiger partial charge in [-0.2, -0.15) is 19.6 Å². The molecule has 1 aromatic carbocycles. The zero-order valence-corrected chi connectivity index (χ0v) is 17.3. The van der Waals surface area contributed by atoms with Crippen LogP contribution in [0.1, 0.15) is 37.1 Å². The van der Waals surface area contributed by atoms with Gasteiger partial charge in [0.2, 0.25) is 11.8 Å². The van der Waals surface area contributed by atoms with E-state index in [1.54, 1.807) is 16.8 Å². The molecule has 0 spiro atoms. The number of hydrogen-bond donors (Lipinski definition) is 4. The van der Waals surface area contributed by atoms with Crippen LogP contribution in [0.2, 0.25) is 5.02 Å². The summed E-state index contributed by atoms with van der Waals surface area (Å²) < 4.78 is 1.56. The number of hydrogen-bond acceptors (Lipinski definition) is 7. The van der Waals surface area contributed by atoms with Crippen molar-refractivity contribution in [3.05, 3.63) is 68.1 Å². The minimum atomic E-state index is -0.501. The van der Waals surface area contributed by atoms with Crippen molar-refractivity contribution in [3.8, 4) is 5.88 Å². The Hall–Kier alpha value is -3.66. The maximum atomic E-state index is 11.4. The first kappa shape index (κ1) is 19.3. The maximum absolute atomic E-state index is 11.4. The van der Waals surface area contributed by atoms with Gasteiger partial charge in [-0.1, -0.05) is 23.7 Å². The highest BCUT2D eigenvalue weighted by Crippen LogP contribution is 2.22. The number of H-pyrrole nitrogens is 2. The Kier molecular flexibility index (Phi) is 4.70. The van der Waals surface area contributed by atoms with E-state index in [0.29, 0.717) is 27.5 Å². The normalized spacial score (nSPS) is 16.2. The van der Waals surface area contributed by atoms with Crippen LogP contribution in [0.3, 0.4) is 0 Å². The van der Waals surface area contributed by atoms with Gasteiger partial charge in [-0.05, 0) is 43.5 Å². The molecule has 4 aromatic rings. The van der Waals surface area contributed by atoms with Crippen molar-refractivity contribution < 1.29 is 5.11 Å². The zero-order valence-electron chi connectivity index (χ0n) is 16.5. The third-order valence-electron chi connectivity index (χ3n) is 4.97. The number of aromatic amines is 2. The van der Waals surface area contributed by atoms with Crippen LogP contribution in [0, 0.1) is 0 Å². The predicted molar refractivity (Wildman–Crippen MR) is 115 cm³/mol. The van der Waals surface area contributed by atoms with Gasteiger partial charge in [0.25, 0.3) is 5.62 Å². The van der Waals surface area contributed by atoms with Crippen LogP contribution < -0.4 is 21.8 Å². The Labute approximate surface area is 180 Å². The van der Waals surface area contributed by atoms with Crippen LogP contribution in [0.25, 0.3) is 11.7 Å². The number of aromatic hydroxyl groups is 1. The first-order valence-electron chi connectivity index (χ1n) is 9.81. The van der Waals surface area contributed by atoms with Gasteiger partial charge in [0.05, 0.1) is 18.3 Å². The molecule has 0 amide bonds. The smallest absolute Gasteiger partial charge is 0.326 e. The lowest BCUT2D eigenvalue weighted by atomic mass is 10.1. The molecule has 0 radical (unpaired) electrons. The molecular weight excluding hydrogens is 420 g/mol. The standard InChI is InChI=1S/C20H19ClN8O2/c1-10(11-2-4-13(21)5-3-11)23-18-26-16-12(8-15-17(30)27-20(31)25-15)9-22-29(16)19(28-18)24-14-6-7-14/h2-5,8-10,14,30H,6-7H2,1H3,(H,23,24,28)(H2,25,27,31). The maximum Gasteiger partial charge on any atom is 0.326 e. The molecule has 3 heterocycles. The molecule has 158 valence electrons. The lowest BCUT2D eigenvalue weighted by Crippen LogP contribution is -2.25. The monoisotopic (exact) mass is 438 g/mol. The molecule has 11 heteroatoms. The predicted octanol–water partition coefficient (Wildman–Crippen LogP) is 1.28. The fraction of sp³-hybridized carbons (Fsp3) is 0.250. The van der Waals surface area contributed by atoms with Crippen molar-refractivity contribution in [3.63, 3.8) is 0 Å². The van der Waals surface area contributed by atoms with E-state index in [0.717, 1.165) is 18.4 Å². The van der Waals surface area contributed by atoms with Crippen molar-refractivity contribution in [2.24, 2.45) is 4.99 Å². The quantitative estimate of drug-likeness (QED) is 0.370. The number of halogens is 1. The summed E-state index contributed by atoms with van der Waals surface area (Å²) in [4.78, 5) is 30.1. The van der Waals surface area contributed by atoms with Gasteiger partial charge < -0.3 is 15.4 Å². The van der Waals surface area contributed by atoms with Gasteiger partial charge in [0, 0.05) is 10.2 Å². The number of nitrogens with zero attached hydrogens (tertiary/aromatic N) is 5. The van der Waals surface area contributed by atoms with Gasteiger partial charge in [-0.25, -0.2) is 9.79 Å². The van der Waals surface area contributed by atoms with Crippen molar-refractivity contribution in [1.29, 1.82) is 0 Å². The molecule has 1 aliphatic rings. The molecule has 31 heavy (non-hydrogen) atoms. The molecule has 0 aliphatic heterocycles. The number of fused-ring (bicyclic) bond motifs is 1. The lowest BCUT2D eigenvalue weighted by Gasteiger charge is -2.14. The van der Waals surface area contributed by atoms with Crippen molar-refractivity contribution >= 4 is 29.3 Å². The topological polar surface area (TPSA) is 136 Å². The third-order valence-corrected chi connectivity index (χ3v) is 5.23. The Balaban J connectivity index is 1.61. The second-order valence-corrected chi connectivity index (χ2v) is 7.88. The number of rotatable bonds is 5. The van der Waals surface area contributed by atoms with Crippen LogP contribution in [-0.2, 0) is 0 Å². The largest absolute Gasteiger partial charge is 0.493 e. The molecule has 1 atom stereocenters. The highest BCUT2D eigenvalue weighted by atomic mass is 35.5. The van der Waals surface area contributed by atoms with Gasteiger partial charge in [-0.3, -0.25) is 4.98 Å². The van der Waals surface area contributed by atoms with Crippen LogP contribution in [0.5, 0.6) is 5.88 Å². The summed E-state index contributed by atoms with van der Waals surface area (Å²) in [5, 5.41) is 18.8. The molecule has 3 aromatic heterocycles. The fourth-order valence-electron chi connectivity index (χ4n) is 3.17. The van der Waals surface area contributed by atoms with E-state index in [2.05, 4.69) is 35.3 Å². The number of anilines is 1. The molecule has 5 rings (SSSR count). The second kappa shape index (κ2) is 7.55. The van der Waals surface area contributed by atoms with Gasteiger partial charge in [0.1, 0.15) is 5.69 Å². The Morgan fingerprint density at radius 1 is 1.29 bits per heavy atom. The second-order valence-electron chi connectivity index (χ2n) is 7.45. The van der Waals surface area contributed by atoms with E-state index < -0.39 is 5.69 Å². The van der Waals surface area contributed by atoms with Crippen molar-refractivity contribution in [2.75, 3.05) is 5.32 Å². The van der Waals surface area contributed by atoms with Crippen molar-refractivity contribution in [1.82, 2.24) is 29.5 Å². The van der Waals surface area contributed by atoms with Crippen LogP contribution >= 0.6 is 11.6 Å². The summed E-state index contributed by atoms with van der Waals surface area (Å²) in [6.45, 7) is 2.00. The Bertz CT molecular complexity index is 1430. The Morgan fingerprint density at radius 3 is 2.74 bits per heavy atom. The molecule has 1 saturated carbocycles. The minimum absolute atomic E-state index is 0.0751. The van der Waals surface area contributed by atoms with E-state index in [-0.39, 0.29) is 23.7 Å². The molecule has 0 saturated heterocycles. The Morgan fingerprint density at radius 2 is 2.06 bits per heavy atom.